The van der Waals surface area contributed by atoms with Gasteiger partial charge in [0.05, 0.1) is 0 Å². The highest BCUT2D eigenvalue weighted by Gasteiger charge is 2.11. The highest BCUT2D eigenvalue weighted by molar-refractivity contribution is 9.10. The summed E-state index contributed by atoms with van der Waals surface area (Å²) in [7, 11) is 2.12. The highest BCUT2D eigenvalue weighted by atomic mass is 79.9. The number of alkyl halides is 1. The normalized spacial score (nSPS) is 10.6. The van der Waals surface area contributed by atoms with Crippen molar-refractivity contribution in [2.45, 2.75) is 19.2 Å². The molecule has 0 aromatic heterocycles. The molecule has 3 heteroatoms. The molecule has 0 unspecified atom stereocenters. The van der Waals surface area contributed by atoms with Crippen LogP contribution in [0.4, 0.5) is 11.4 Å². The van der Waals surface area contributed by atoms with Gasteiger partial charge in [-0.15, -0.1) is 0 Å². The highest BCUT2D eigenvalue weighted by Crippen LogP contribution is 2.32. The van der Waals surface area contributed by atoms with E-state index in [0.717, 1.165) is 9.80 Å². The molecule has 0 heterocycles. The van der Waals surface area contributed by atoms with Crippen LogP contribution in [0.3, 0.4) is 0 Å². The minimum Gasteiger partial charge on any atom is -0.344 e. The first-order valence-corrected chi connectivity index (χ1v) is 8.09. The largest absolute Gasteiger partial charge is 0.344 e. The summed E-state index contributed by atoms with van der Waals surface area (Å²) in [6.45, 7) is 4.28. The van der Waals surface area contributed by atoms with E-state index in [1.54, 1.807) is 0 Å². The standard InChI is InChI=1S/C16H17Br2N/c1-11-4-6-15(12(2)8-11)19(3)16-7-5-14(18)9-13(16)10-17/h4-9H,10H2,1-3H3. The molecule has 100 valence electrons. The Hall–Kier alpha value is -0.800. The van der Waals surface area contributed by atoms with Crippen molar-refractivity contribution in [3.8, 4) is 0 Å². The molecule has 0 aliphatic carbocycles. The summed E-state index contributed by atoms with van der Waals surface area (Å²) in [4.78, 5) is 2.25. The van der Waals surface area contributed by atoms with Gasteiger partial charge in [0.15, 0.2) is 0 Å². The van der Waals surface area contributed by atoms with Crippen LogP contribution in [0.1, 0.15) is 16.7 Å². The first kappa shape index (κ1) is 14.6. The van der Waals surface area contributed by atoms with E-state index in [4.69, 9.17) is 0 Å². The van der Waals surface area contributed by atoms with Gasteiger partial charge in [0.2, 0.25) is 0 Å². The Morgan fingerprint density at radius 1 is 1.00 bits per heavy atom. The monoisotopic (exact) mass is 381 g/mol. The van der Waals surface area contributed by atoms with Gasteiger partial charge in [0.25, 0.3) is 0 Å². The number of anilines is 2. The second-order valence-corrected chi connectivity index (χ2v) is 6.23. The van der Waals surface area contributed by atoms with E-state index in [1.165, 1.54) is 28.1 Å². The van der Waals surface area contributed by atoms with Gasteiger partial charge in [-0.3, -0.25) is 0 Å². The molecule has 2 rings (SSSR count). The van der Waals surface area contributed by atoms with Crippen molar-refractivity contribution in [3.05, 3.63) is 57.6 Å². The van der Waals surface area contributed by atoms with Gasteiger partial charge in [0, 0.05) is 28.2 Å². The summed E-state index contributed by atoms with van der Waals surface area (Å²) in [5.74, 6) is 0. The van der Waals surface area contributed by atoms with Crippen LogP contribution in [0.2, 0.25) is 0 Å². The van der Waals surface area contributed by atoms with Gasteiger partial charge in [-0.25, -0.2) is 0 Å². The van der Waals surface area contributed by atoms with Gasteiger partial charge in [-0.05, 0) is 49.2 Å². The average molecular weight is 383 g/mol. The van der Waals surface area contributed by atoms with E-state index < -0.39 is 0 Å². The zero-order chi connectivity index (χ0) is 14.0. The van der Waals surface area contributed by atoms with Crippen molar-refractivity contribution in [2.24, 2.45) is 0 Å². The molecule has 0 bridgehead atoms. The number of hydrogen-bond donors (Lipinski definition) is 0. The summed E-state index contributed by atoms with van der Waals surface area (Å²) in [6.07, 6.45) is 0. The van der Waals surface area contributed by atoms with E-state index in [-0.39, 0.29) is 0 Å². The average Bonchev–Trinajstić information content (AvgIpc) is 2.37. The van der Waals surface area contributed by atoms with Gasteiger partial charge in [0.1, 0.15) is 0 Å². The predicted molar refractivity (Wildman–Crippen MR) is 90.8 cm³/mol. The molecule has 0 N–H and O–H groups in total. The Morgan fingerprint density at radius 2 is 1.68 bits per heavy atom. The third kappa shape index (κ3) is 3.21. The smallest absolute Gasteiger partial charge is 0.0450 e. The molecule has 0 radical (unpaired) electrons. The summed E-state index contributed by atoms with van der Waals surface area (Å²) in [6, 6.07) is 13.0. The van der Waals surface area contributed by atoms with Crippen LogP contribution in [-0.2, 0) is 5.33 Å². The molecule has 0 aliphatic heterocycles. The maximum Gasteiger partial charge on any atom is 0.0450 e. The van der Waals surface area contributed by atoms with Crippen molar-refractivity contribution >= 4 is 43.2 Å². The lowest BCUT2D eigenvalue weighted by Crippen LogP contribution is -2.12. The molecule has 2 aromatic carbocycles. The first-order chi connectivity index (χ1) is 9.02. The number of halogens is 2. The van der Waals surface area contributed by atoms with Crippen LogP contribution >= 0.6 is 31.9 Å². The topological polar surface area (TPSA) is 3.24 Å². The van der Waals surface area contributed by atoms with Crippen LogP contribution < -0.4 is 4.90 Å². The summed E-state index contributed by atoms with van der Waals surface area (Å²) >= 11 is 7.09. The Balaban J connectivity index is 2.46. The number of benzene rings is 2. The van der Waals surface area contributed by atoms with Gasteiger partial charge in [-0.2, -0.15) is 0 Å². The van der Waals surface area contributed by atoms with Crippen molar-refractivity contribution in [1.29, 1.82) is 0 Å². The lowest BCUT2D eigenvalue weighted by Gasteiger charge is -2.24. The molecule has 1 nitrogen and oxygen atoms in total. The van der Waals surface area contributed by atoms with Gasteiger partial charge < -0.3 is 4.90 Å². The molecule has 19 heavy (non-hydrogen) atoms. The Kier molecular flexibility index (Phi) is 4.69. The summed E-state index contributed by atoms with van der Waals surface area (Å²) in [5.41, 5.74) is 6.34. The van der Waals surface area contributed by atoms with E-state index in [1.807, 2.05) is 0 Å². The molecule has 0 saturated heterocycles. The fourth-order valence-electron chi connectivity index (χ4n) is 2.30. The fraction of sp³-hybridized carbons (Fsp3) is 0.250. The third-order valence-electron chi connectivity index (χ3n) is 3.26. The maximum atomic E-state index is 3.57. The third-order valence-corrected chi connectivity index (χ3v) is 4.36. The molecule has 0 aliphatic rings. The maximum absolute atomic E-state index is 3.57. The quantitative estimate of drug-likeness (QED) is 0.612. The Morgan fingerprint density at radius 3 is 2.32 bits per heavy atom. The van der Waals surface area contributed by atoms with Crippen molar-refractivity contribution < 1.29 is 0 Å². The van der Waals surface area contributed by atoms with Crippen molar-refractivity contribution in [3.63, 3.8) is 0 Å². The van der Waals surface area contributed by atoms with E-state index >= 15 is 0 Å². The van der Waals surface area contributed by atoms with E-state index in [2.05, 4.69) is 94.1 Å². The lowest BCUT2D eigenvalue weighted by atomic mass is 10.1. The van der Waals surface area contributed by atoms with Crippen LogP contribution in [0.25, 0.3) is 0 Å². The second-order valence-electron chi connectivity index (χ2n) is 4.76. The minimum absolute atomic E-state index is 0.844. The van der Waals surface area contributed by atoms with Gasteiger partial charge >= 0.3 is 0 Å². The lowest BCUT2D eigenvalue weighted by molar-refractivity contribution is 1.15. The van der Waals surface area contributed by atoms with E-state index in [0.29, 0.717) is 0 Å². The Bertz CT molecular complexity index is 593. The van der Waals surface area contributed by atoms with Crippen LogP contribution in [0.5, 0.6) is 0 Å². The molecular formula is C16H17Br2N. The molecule has 0 amide bonds. The molecule has 0 spiro atoms. The number of hydrogen-bond acceptors (Lipinski definition) is 1. The summed E-state index contributed by atoms with van der Waals surface area (Å²) in [5, 5.41) is 0.844. The number of aryl methyl sites for hydroxylation is 2. The first-order valence-electron chi connectivity index (χ1n) is 6.18. The van der Waals surface area contributed by atoms with Crippen LogP contribution in [0, 0.1) is 13.8 Å². The molecule has 0 atom stereocenters. The van der Waals surface area contributed by atoms with Crippen molar-refractivity contribution in [2.75, 3.05) is 11.9 Å². The van der Waals surface area contributed by atoms with Crippen molar-refractivity contribution in [1.82, 2.24) is 0 Å². The van der Waals surface area contributed by atoms with Gasteiger partial charge in [-0.1, -0.05) is 49.6 Å². The number of nitrogens with zero attached hydrogens (tertiary/aromatic N) is 1. The molecule has 0 fully saturated rings. The minimum atomic E-state index is 0.844. The summed E-state index contributed by atoms with van der Waals surface area (Å²) < 4.78 is 1.11. The van der Waals surface area contributed by atoms with Crippen LogP contribution in [-0.4, -0.2) is 7.05 Å². The molecular weight excluding hydrogens is 366 g/mol. The van der Waals surface area contributed by atoms with Crippen LogP contribution in [0.15, 0.2) is 40.9 Å². The zero-order valence-electron chi connectivity index (χ0n) is 11.4. The second kappa shape index (κ2) is 6.10. The predicted octanol–water partition coefficient (Wildman–Crippen LogP) is 5.73. The molecule has 2 aromatic rings. The fourth-order valence-corrected chi connectivity index (χ4v) is 3.16. The van der Waals surface area contributed by atoms with E-state index in [9.17, 15) is 0 Å². The SMILES string of the molecule is Cc1ccc(N(C)c2ccc(Br)cc2CBr)c(C)c1. The zero-order valence-corrected chi connectivity index (χ0v) is 14.5. The Labute approximate surface area is 131 Å². The number of rotatable bonds is 3. The molecule has 0 saturated carbocycles.